The van der Waals surface area contributed by atoms with Gasteiger partial charge in [0, 0.05) is 6.54 Å². The van der Waals surface area contributed by atoms with Gasteiger partial charge >= 0.3 is 0 Å². The predicted octanol–water partition coefficient (Wildman–Crippen LogP) is 0.573. The third kappa shape index (κ3) is 1.45. The molecule has 0 amide bonds. The molecule has 2 heterocycles. The third-order valence-electron chi connectivity index (χ3n) is 2.47. The van der Waals surface area contributed by atoms with E-state index in [9.17, 15) is 5.11 Å². The molecule has 0 spiro atoms. The van der Waals surface area contributed by atoms with Crippen LogP contribution in [0.15, 0.2) is 0 Å². The normalized spacial score (nSPS) is 19.9. The van der Waals surface area contributed by atoms with Gasteiger partial charge in [-0.1, -0.05) is 6.92 Å². The molecule has 1 unspecified atom stereocenters. The first-order chi connectivity index (χ1) is 6.70. The lowest BCUT2D eigenvalue weighted by atomic mass is 9.94. The van der Waals surface area contributed by atoms with Gasteiger partial charge in [-0.15, -0.1) is 0 Å². The van der Waals surface area contributed by atoms with E-state index in [4.69, 9.17) is 5.73 Å². The van der Waals surface area contributed by atoms with Gasteiger partial charge in [0.15, 0.2) is 0 Å². The van der Waals surface area contributed by atoms with E-state index in [-0.39, 0.29) is 11.8 Å². The van der Waals surface area contributed by atoms with Crippen LogP contribution < -0.4 is 11.1 Å². The largest absolute Gasteiger partial charge is 0.493 e. The number of nitrogens with zero attached hydrogens (tertiary/aromatic N) is 2. The van der Waals surface area contributed by atoms with E-state index in [1.807, 2.05) is 6.92 Å². The summed E-state index contributed by atoms with van der Waals surface area (Å²) in [5.41, 5.74) is 6.18. The number of anilines is 2. The fourth-order valence-corrected chi connectivity index (χ4v) is 1.62. The molecule has 0 fully saturated rings. The van der Waals surface area contributed by atoms with Crippen molar-refractivity contribution in [2.45, 2.75) is 13.3 Å². The quantitative estimate of drug-likeness (QED) is 0.607. The van der Waals surface area contributed by atoms with Gasteiger partial charge < -0.3 is 16.2 Å². The van der Waals surface area contributed by atoms with E-state index >= 15 is 0 Å². The zero-order chi connectivity index (χ0) is 10.1. The number of fused-ring (bicyclic) bond motifs is 1. The van der Waals surface area contributed by atoms with Crippen molar-refractivity contribution in [1.82, 2.24) is 9.97 Å². The van der Waals surface area contributed by atoms with Crippen molar-refractivity contribution in [1.29, 1.82) is 0 Å². The minimum Gasteiger partial charge on any atom is -0.493 e. The number of rotatable bonds is 1. The topological polar surface area (TPSA) is 84.1 Å². The first-order valence-electron chi connectivity index (χ1n) is 4.59. The summed E-state index contributed by atoms with van der Waals surface area (Å²) < 4.78 is 0. The molecule has 1 atom stereocenters. The molecule has 5 heteroatoms. The highest BCUT2D eigenvalue weighted by atomic mass is 16.3. The molecule has 1 aromatic rings. The molecule has 0 bridgehead atoms. The van der Waals surface area contributed by atoms with Crippen LogP contribution in [0.5, 0.6) is 5.88 Å². The van der Waals surface area contributed by atoms with Gasteiger partial charge in [-0.3, -0.25) is 0 Å². The van der Waals surface area contributed by atoms with Crippen molar-refractivity contribution >= 4 is 11.8 Å². The summed E-state index contributed by atoms with van der Waals surface area (Å²) in [6, 6.07) is 0. The SMILES string of the molecule is C[CH]C1CNc2nc(N)nc(O)c2C1. The molecule has 0 saturated heterocycles. The van der Waals surface area contributed by atoms with Crippen molar-refractivity contribution in [3.05, 3.63) is 12.0 Å². The number of aromatic nitrogens is 2. The molecule has 1 aromatic heterocycles. The van der Waals surface area contributed by atoms with E-state index in [0.29, 0.717) is 11.7 Å². The fourth-order valence-electron chi connectivity index (χ4n) is 1.62. The zero-order valence-electron chi connectivity index (χ0n) is 7.99. The molecule has 75 valence electrons. The molecule has 0 saturated carbocycles. The molecule has 4 N–H and O–H groups in total. The Hall–Kier alpha value is -1.52. The van der Waals surface area contributed by atoms with Gasteiger partial charge in [0.25, 0.3) is 0 Å². The number of nitrogen functional groups attached to an aromatic ring is 1. The molecule has 1 aliphatic rings. The molecule has 2 rings (SSSR count). The Bertz CT molecular complexity index is 353. The van der Waals surface area contributed by atoms with E-state index < -0.39 is 0 Å². The van der Waals surface area contributed by atoms with Crippen LogP contribution >= 0.6 is 0 Å². The van der Waals surface area contributed by atoms with Gasteiger partial charge in [-0.05, 0) is 18.8 Å². The second kappa shape index (κ2) is 3.32. The minimum atomic E-state index is -0.00782. The molecule has 1 radical (unpaired) electrons. The summed E-state index contributed by atoms with van der Waals surface area (Å²) in [5, 5.41) is 12.7. The highest BCUT2D eigenvalue weighted by Gasteiger charge is 2.22. The van der Waals surface area contributed by atoms with Gasteiger partial charge in [0.1, 0.15) is 5.82 Å². The second-order valence-corrected chi connectivity index (χ2v) is 3.41. The number of hydrogen-bond donors (Lipinski definition) is 3. The summed E-state index contributed by atoms with van der Waals surface area (Å²) in [7, 11) is 0. The van der Waals surface area contributed by atoms with E-state index in [1.165, 1.54) is 0 Å². The van der Waals surface area contributed by atoms with Crippen LogP contribution in [-0.2, 0) is 6.42 Å². The number of aromatic hydroxyl groups is 1. The van der Waals surface area contributed by atoms with Crippen molar-refractivity contribution in [3.8, 4) is 5.88 Å². The third-order valence-corrected chi connectivity index (χ3v) is 2.47. The number of nitrogens with two attached hydrogens (primary N) is 1. The van der Waals surface area contributed by atoms with Crippen LogP contribution in [0.2, 0.25) is 0 Å². The van der Waals surface area contributed by atoms with Gasteiger partial charge in [-0.2, -0.15) is 9.97 Å². The summed E-state index contributed by atoms with van der Waals surface area (Å²) in [6.45, 7) is 2.84. The lowest BCUT2D eigenvalue weighted by Gasteiger charge is -2.24. The van der Waals surface area contributed by atoms with Crippen LogP contribution in [0.1, 0.15) is 12.5 Å². The van der Waals surface area contributed by atoms with Gasteiger partial charge in [0.05, 0.1) is 5.56 Å². The Morgan fingerprint density at radius 1 is 1.57 bits per heavy atom. The van der Waals surface area contributed by atoms with Crippen LogP contribution in [0.3, 0.4) is 0 Å². The Balaban J connectivity index is 2.37. The molecule has 1 aliphatic heterocycles. The second-order valence-electron chi connectivity index (χ2n) is 3.41. The number of nitrogens with one attached hydrogen (secondary N) is 1. The molecule has 0 aliphatic carbocycles. The molecule has 14 heavy (non-hydrogen) atoms. The summed E-state index contributed by atoms with van der Waals surface area (Å²) >= 11 is 0. The maximum absolute atomic E-state index is 9.57. The van der Waals surface area contributed by atoms with Crippen LogP contribution in [0.25, 0.3) is 0 Å². The van der Waals surface area contributed by atoms with Crippen molar-refractivity contribution in [3.63, 3.8) is 0 Å². The number of hydrogen-bond acceptors (Lipinski definition) is 5. The lowest BCUT2D eigenvalue weighted by Crippen LogP contribution is -2.24. The van der Waals surface area contributed by atoms with E-state index in [1.54, 1.807) is 0 Å². The maximum atomic E-state index is 9.57. The highest BCUT2D eigenvalue weighted by Crippen LogP contribution is 2.30. The smallest absolute Gasteiger partial charge is 0.225 e. The molecular formula is C9H13N4O. The molecular weight excluding hydrogens is 180 g/mol. The zero-order valence-corrected chi connectivity index (χ0v) is 7.99. The monoisotopic (exact) mass is 193 g/mol. The predicted molar refractivity (Wildman–Crippen MR) is 53.8 cm³/mol. The Kier molecular flexibility index (Phi) is 2.15. The van der Waals surface area contributed by atoms with Crippen LogP contribution in [0, 0.1) is 12.3 Å². The molecule has 5 nitrogen and oxygen atoms in total. The summed E-state index contributed by atoms with van der Waals surface area (Å²) in [6.07, 6.45) is 2.87. The Morgan fingerprint density at radius 2 is 2.36 bits per heavy atom. The van der Waals surface area contributed by atoms with Crippen LogP contribution in [-0.4, -0.2) is 21.6 Å². The van der Waals surface area contributed by atoms with Crippen molar-refractivity contribution < 1.29 is 5.11 Å². The van der Waals surface area contributed by atoms with Crippen molar-refractivity contribution in [2.75, 3.05) is 17.6 Å². The Morgan fingerprint density at radius 3 is 3.07 bits per heavy atom. The first-order valence-corrected chi connectivity index (χ1v) is 4.59. The standard InChI is InChI=1S/C9H13N4O/c1-2-5-3-6-7(11-4-5)12-9(10)13-8(6)14/h2,5H,3-4H2,1H3,(H4,10,11,12,13,14). The fraction of sp³-hybridized carbons (Fsp3) is 0.444. The highest BCUT2D eigenvalue weighted by molar-refractivity contribution is 5.54. The minimum absolute atomic E-state index is 0.00782. The van der Waals surface area contributed by atoms with E-state index in [2.05, 4.69) is 21.7 Å². The van der Waals surface area contributed by atoms with Crippen molar-refractivity contribution in [2.24, 2.45) is 5.92 Å². The lowest BCUT2D eigenvalue weighted by molar-refractivity contribution is 0.438. The molecule has 0 aromatic carbocycles. The Labute approximate surface area is 82.4 Å². The maximum Gasteiger partial charge on any atom is 0.225 e. The van der Waals surface area contributed by atoms with Crippen LogP contribution in [0.4, 0.5) is 11.8 Å². The van der Waals surface area contributed by atoms with Gasteiger partial charge in [-0.25, -0.2) is 0 Å². The summed E-state index contributed by atoms with van der Waals surface area (Å²) in [5.74, 6) is 1.17. The van der Waals surface area contributed by atoms with Gasteiger partial charge in [0.2, 0.25) is 11.8 Å². The first kappa shape index (κ1) is 9.05. The average Bonchev–Trinajstić information content (AvgIpc) is 2.17. The summed E-state index contributed by atoms with van der Waals surface area (Å²) in [4.78, 5) is 7.75. The van der Waals surface area contributed by atoms with E-state index in [0.717, 1.165) is 18.5 Å². The average molecular weight is 193 g/mol.